The van der Waals surface area contributed by atoms with Crippen LogP contribution < -0.4 is 0 Å². The maximum absolute atomic E-state index is 12.1. The fourth-order valence-electron chi connectivity index (χ4n) is 2.47. The van der Waals surface area contributed by atoms with Crippen LogP contribution in [0.25, 0.3) is 0 Å². The maximum atomic E-state index is 12.1. The topological polar surface area (TPSA) is 66.8 Å². The highest BCUT2D eigenvalue weighted by Gasteiger charge is 2.27. The summed E-state index contributed by atoms with van der Waals surface area (Å²) in [4.78, 5) is 24.5. The molecule has 0 radical (unpaired) electrons. The third-order valence-electron chi connectivity index (χ3n) is 3.40. The highest BCUT2D eigenvalue weighted by Crippen LogP contribution is 2.27. The number of nitrogens with zero attached hydrogens (tertiary/aromatic N) is 1. The van der Waals surface area contributed by atoms with E-state index in [0.717, 1.165) is 11.1 Å². The monoisotopic (exact) mass is 291 g/mol. The third-order valence-corrected chi connectivity index (χ3v) is 3.40. The largest absolute Gasteiger partial charge is 0.444 e. The fraction of sp³-hybridized carbons (Fsp3) is 0.500. The van der Waals surface area contributed by atoms with E-state index in [1.165, 1.54) is 0 Å². The molecule has 5 nitrogen and oxygen atoms in total. The average Bonchev–Trinajstić information content (AvgIpc) is 2.43. The molecule has 1 amide bonds. The van der Waals surface area contributed by atoms with Gasteiger partial charge in [-0.2, -0.15) is 0 Å². The number of carbonyl (C=O) groups excluding carboxylic acids is 2. The molecule has 1 aliphatic rings. The van der Waals surface area contributed by atoms with E-state index in [1.54, 1.807) is 17.0 Å². The highest BCUT2D eigenvalue weighted by atomic mass is 16.6. The number of aldehydes is 1. The van der Waals surface area contributed by atoms with Gasteiger partial charge in [-0.3, -0.25) is 0 Å². The Morgan fingerprint density at radius 3 is 2.76 bits per heavy atom. The lowest BCUT2D eigenvalue weighted by Gasteiger charge is -2.32. The number of amides is 1. The summed E-state index contributed by atoms with van der Waals surface area (Å²) in [6, 6.07) is 5.45. The first-order valence-electron chi connectivity index (χ1n) is 7.04. The van der Waals surface area contributed by atoms with Crippen molar-refractivity contribution in [1.29, 1.82) is 0 Å². The van der Waals surface area contributed by atoms with Crippen LogP contribution in [0, 0.1) is 0 Å². The molecule has 2 rings (SSSR count). The van der Waals surface area contributed by atoms with Crippen LogP contribution in [0.5, 0.6) is 0 Å². The lowest BCUT2D eigenvalue weighted by atomic mass is 9.92. The standard InChI is InChI=1S/C16H21NO4/c1-16(2,3)21-15(20)17-8-7-12-11(9-17)5-4-6-13(12)14(19)10-18/h4-6,10,14,19H,7-9H2,1-3H3. The van der Waals surface area contributed by atoms with Gasteiger partial charge in [0.2, 0.25) is 0 Å². The first-order valence-corrected chi connectivity index (χ1v) is 7.04. The Balaban J connectivity index is 2.18. The van der Waals surface area contributed by atoms with E-state index in [-0.39, 0.29) is 6.09 Å². The fourth-order valence-corrected chi connectivity index (χ4v) is 2.47. The number of carbonyl (C=O) groups is 2. The van der Waals surface area contributed by atoms with Crippen molar-refractivity contribution >= 4 is 12.4 Å². The normalized spacial score (nSPS) is 16.1. The Bertz CT molecular complexity index is 548. The summed E-state index contributed by atoms with van der Waals surface area (Å²) in [6.45, 7) is 6.46. The summed E-state index contributed by atoms with van der Waals surface area (Å²) in [7, 11) is 0. The molecule has 5 heteroatoms. The Hall–Kier alpha value is -1.88. The van der Waals surface area contributed by atoms with Crippen LogP contribution in [0.2, 0.25) is 0 Å². The zero-order valence-electron chi connectivity index (χ0n) is 12.6. The number of fused-ring (bicyclic) bond motifs is 1. The van der Waals surface area contributed by atoms with E-state index in [0.29, 0.717) is 31.4 Å². The van der Waals surface area contributed by atoms with Gasteiger partial charge in [-0.05, 0) is 43.9 Å². The number of rotatable bonds is 2. The molecule has 114 valence electrons. The molecule has 0 spiro atoms. The van der Waals surface area contributed by atoms with Crippen LogP contribution in [0.4, 0.5) is 4.79 Å². The summed E-state index contributed by atoms with van der Waals surface area (Å²) >= 11 is 0. The Kier molecular flexibility index (Phi) is 4.32. The molecular formula is C16H21NO4. The maximum Gasteiger partial charge on any atom is 0.410 e. The van der Waals surface area contributed by atoms with Crippen molar-refractivity contribution in [2.45, 2.75) is 45.4 Å². The SMILES string of the molecule is CC(C)(C)OC(=O)N1CCc2c(cccc2C(O)C=O)C1. The van der Waals surface area contributed by atoms with Crippen molar-refractivity contribution in [3.8, 4) is 0 Å². The van der Waals surface area contributed by atoms with Gasteiger partial charge in [-0.1, -0.05) is 18.2 Å². The minimum atomic E-state index is -1.10. The smallest absolute Gasteiger partial charge is 0.410 e. The molecule has 1 atom stereocenters. The van der Waals surface area contributed by atoms with Crippen LogP contribution in [0.3, 0.4) is 0 Å². The molecule has 1 unspecified atom stereocenters. The highest BCUT2D eigenvalue weighted by molar-refractivity contribution is 5.69. The Morgan fingerprint density at radius 1 is 1.43 bits per heavy atom. The molecule has 0 fully saturated rings. The number of aliphatic hydroxyl groups is 1. The molecule has 0 bridgehead atoms. The molecule has 1 heterocycles. The van der Waals surface area contributed by atoms with Crippen molar-refractivity contribution in [2.24, 2.45) is 0 Å². The number of benzene rings is 1. The van der Waals surface area contributed by atoms with Crippen molar-refractivity contribution < 1.29 is 19.4 Å². The minimum absolute atomic E-state index is 0.338. The van der Waals surface area contributed by atoms with E-state index >= 15 is 0 Å². The third kappa shape index (κ3) is 3.61. The molecule has 1 aromatic rings. The van der Waals surface area contributed by atoms with Gasteiger partial charge >= 0.3 is 6.09 Å². The van der Waals surface area contributed by atoms with Gasteiger partial charge in [0, 0.05) is 13.1 Å². The van der Waals surface area contributed by atoms with Crippen LogP contribution in [-0.4, -0.2) is 34.5 Å². The van der Waals surface area contributed by atoms with Gasteiger partial charge in [-0.15, -0.1) is 0 Å². The zero-order valence-corrected chi connectivity index (χ0v) is 12.6. The zero-order chi connectivity index (χ0) is 15.6. The van der Waals surface area contributed by atoms with Crippen molar-refractivity contribution in [2.75, 3.05) is 6.54 Å². The second-order valence-corrected chi connectivity index (χ2v) is 6.22. The Morgan fingerprint density at radius 2 is 2.14 bits per heavy atom. The van der Waals surface area contributed by atoms with Gasteiger partial charge in [0.15, 0.2) is 6.29 Å². The predicted octanol–water partition coefficient (Wildman–Crippen LogP) is 2.21. The molecule has 0 saturated carbocycles. The second-order valence-electron chi connectivity index (χ2n) is 6.22. The number of aliphatic hydroxyl groups excluding tert-OH is 1. The molecule has 1 N–H and O–H groups in total. The number of ether oxygens (including phenoxy) is 1. The van der Waals surface area contributed by atoms with E-state index in [9.17, 15) is 14.7 Å². The number of hydrogen-bond donors (Lipinski definition) is 1. The van der Waals surface area contributed by atoms with Crippen molar-refractivity contribution in [3.63, 3.8) is 0 Å². The first-order chi connectivity index (χ1) is 9.81. The molecule has 1 aromatic carbocycles. The van der Waals surface area contributed by atoms with Crippen LogP contribution in [-0.2, 0) is 22.5 Å². The van der Waals surface area contributed by atoms with E-state index in [4.69, 9.17) is 4.74 Å². The van der Waals surface area contributed by atoms with Gasteiger partial charge in [0.05, 0.1) is 0 Å². The minimum Gasteiger partial charge on any atom is -0.444 e. The lowest BCUT2D eigenvalue weighted by molar-refractivity contribution is -0.115. The molecule has 0 saturated heterocycles. The average molecular weight is 291 g/mol. The van der Waals surface area contributed by atoms with Crippen LogP contribution in [0.15, 0.2) is 18.2 Å². The quantitative estimate of drug-likeness (QED) is 0.848. The second kappa shape index (κ2) is 5.85. The van der Waals surface area contributed by atoms with Gasteiger partial charge < -0.3 is 19.5 Å². The Labute approximate surface area is 124 Å². The molecule has 21 heavy (non-hydrogen) atoms. The van der Waals surface area contributed by atoms with Gasteiger partial charge in [-0.25, -0.2) is 4.79 Å². The summed E-state index contributed by atoms with van der Waals surface area (Å²) < 4.78 is 5.37. The molecular weight excluding hydrogens is 270 g/mol. The summed E-state index contributed by atoms with van der Waals surface area (Å²) in [5.41, 5.74) is 2.01. The molecule has 1 aliphatic heterocycles. The predicted molar refractivity (Wildman–Crippen MR) is 77.8 cm³/mol. The number of hydrogen-bond acceptors (Lipinski definition) is 4. The van der Waals surface area contributed by atoms with Gasteiger partial charge in [0.25, 0.3) is 0 Å². The van der Waals surface area contributed by atoms with Crippen molar-refractivity contribution in [1.82, 2.24) is 4.90 Å². The first kappa shape index (κ1) is 15.5. The van der Waals surface area contributed by atoms with E-state index in [2.05, 4.69) is 0 Å². The summed E-state index contributed by atoms with van der Waals surface area (Å²) in [5.74, 6) is 0. The molecule has 0 aliphatic carbocycles. The van der Waals surface area contributed by atoms with Crippen molar-refractivity contribution in [3.05, 3.63) is 34.9 Å². The van der Waals surface area contributed by atoms with E-state index < -0.39 is 11.7 Å². The summed E-state index contributed by atoms with van der Waals surface area (Å²) in [6.07, 6.45) is -0.312. The van der Waals surface area contributed by atoms with Crippen LogP contribution in [0.1, 0.15) is 43.6 Å². The van der Waals surface area contributed by atoms with E-state index in [1.807, 2.05) is 26.8 Å². The summed E-state index contributed by atoms with van der Waals surface area (Å²) in [5, 5.41) is 9.74. The van der Waals surface area contributed by atoms with Gasteiger partial charge in [0.1, 0.15) is 11.7 Å². The van der Waals surface area contributed by atoms with Crippen LogP contribution >= 0.6 is 0 Å². The lowest BCUT2D eigenvalue weighted by Crippen LogP contribution is -2.40. The molecule has 0 aromatic heterocycles.